The van der Waals surface area contributed by atoms with E-state index in [1.807, 2.05) is 41.8 Å². The van der Waals surface area contributed by atoms with Gasteiger partial charge in [-0.1, -0.05) is 25.1 Å². The quantitative estimate of drug-likeness (QED) is 0.941. The molecule has 24 heavy (non-hydrogen) atoms. The third-order valence-electron chi connectivity index (χ3n) is 5.00. The number of fused-ring (bicyclic) bond motifs is 1. The van der Waals surface area contributed by atoms with Gasteiger partial charge in [-0.05, 0) is 44.4 Å². The summed E-state index contributed by atoms with van der Waals surface area (Å²) in [5, 5.41) is 7.60. The van der Waals surface area contributed by atoms with E-state index in [1.165, 1.54) is 11.1 Å². The predicted molar refractivity (Wildman–Crippen MR) is 96.6 cm³/mol. The highest BCUT2D eigenvalue weighted by molar-refractivity contribution is 5.94. The van der Waals surface area contributed by atoms with Crippen molar-refractivity contribution in [3.63, 3.8) is 0 Å². The molecule has 1 N–H and O–H groups in total. The fourth-order valence-corrected chi connectivity index (χ4v) is 3.57. The topological polar surface area (TPSA) is 50.2 Å². The maximum Gasteiger partial charge on any atom is 0.322 e. The maximum atomic E-state index is 12.7. The monoisotopic (exact) mass is 326 g/mol. The summed E-state index contributed by atoms with van der Waals surface area (Å²) in [7, 11) is 1.96. The Morgan fingerprint density at radius 1 is 1.38 bits per heavy atom. The van der Waals surface area contributed by atoms with E-state index in [4.69, 9.17) is 0 Å². The first kappa shape index (κ1) is 16.6. The summed E-state index contributed by atoms with van der Waals surface area (Å²) >= 11 is 0. The van der Waals surface area contributed by atoms with E-state index in [2.05, 4.69) is 37.3 Å². The second kappa shape index (κ2) is 6.30. The van der Waals surface area contributed by atoms with Gasteiger partial charge in [-0.25, -0.2) is 4.79 Å². The van der Waals surface area contributed by atoms with Gasteiger partial charge in [0.05, 0.1) is 5.69 Å². The first-order chi connectivity index (χ1) is 11.4. The van der Waals surface area contributed by atoms with E-state index in [1.54, 1.807) is 0 Å². The Bertz CT molecular complexity index is 765. The summed E-state index contributed by atoms with van der Waals surface area (Å²) in [6.07, 6.45) is 0.794. The van der Waals surface area contributed by atoms with Crippen molar-refractivity contribution in [2.45, 2.75) is 46.1 Å². The van der Waals surface area contributed by atoms with Crippen LogP contribution >= 0.6 is 0 Å². The first-order valence-corrected chi connectivity index (χ1v) is 8.54. The van der Waals surface area contributed by atoms with E-state index < -0.39 is 0 Å². The molecular weight excluding hydrogens is 300 g/mol. The average molecular weight is 326 g/mol. The molecule has 0 spiro atoms. The van der Waals surface area contributed by atoms with Gasteiger partial charge in [0.25, 0.3) is 0 Å². The highest BCUT2D eigenvalue weighted by atomic mass is 16.2. The number of para-hydroxylation sites is 1. The predicted octanol–water partition coefficient (Wildman–Crippen LogP) is 3.30. The summed E-state index contributed by atoms with van der Waals surface area (Å²) in [5.74, 6) is 0.380. The smallest absolute Gasteiger partial charge is 0.322 e. The molecule has 0 bridgehead atoms. The highest BCUT2D eigenvalue weighted by Gasteiger charge is 2.30. The second-order valence-electron chi connectivity index (χ2n) is 6.90. The number of benzene rings is 1. The number of nitrogens with zero attached hydrogens (tertiary/aromatic N) is 3. The Morgan fingerprint density at radius 3 is 2.75 bits per heavy atom. The summed E-state index contributed by atoms with van der Waals surface area (Å²) in [6, 6.07) is 8.20. The molecule has 2 amide bonds. The van der Waals surface area contributed by atoms with Gasteiger partial charge in [-0.3, -0.25) is 9.58 Å². The second-order valence-corrected chi connectivity index (χ2v) is 6.90. The van der Waals surface area contributed by atoms with Gasteiger partial charge in [0.1, 0.15) is 0 Å². The number of carbonyl (C=O) groups is 1. The van der Waals surface area contributed by atoms with Crippen LogP contribution < -0.4 is 10.2 Å². The lowest BCUT2D eigenvalue weighted by molar-refractivity contribution is 0.243. The van der Waals surface area contributed by atoms with Crippen LogP contribution in [0.25, 0.3) is 0 Å². The molecule has 2 atom stereocenters. The van der Waals surface area contributed by atoms with Crippen molar-refractivity contribution in [2.24, 2.45) is 7.05 Å². The lowest BCUT2D eigenvalue weighted by atomic mass is 10.0. The number of hydrogen-bond donors (Lipinski definition) is 1. The van der Waals surface area contributed by atoms with Crippen LogP contribution in [0.1, 0.15) is 42.3 Å². The molecule has 5 heteroatoms. The Hall–Kier alpha value is -2.30. The first-order valence-electron chi connectivity index (χ1n) is 8.54. The van der Waals surface area contributed by atoms with Crippen LogP contribution in [0.2, 0.25) is 0 Å². The summed E-state index contributed by atoms with van der Waals surface area (Å²) in [4.78, 5) is 14.6. The summed E-state index contributed by atoms with van der Waals surface area (Å²) < 4.78 is 1.90. The van der Waals surface area contributed by atoms with Crippen molar-refractivity contribution in [1.29, 1.82) is 0 Å². The molecule has 0 saturated heterocycles. The molecule has 128 valence electrons. The Balaban J connectivity index is 1.69. The molecule has 0 aliphatic carbocycles. The fourth-order valence-electron chi connectivity index (χ4n) is 3.57. The van der Waals surface area contributed by atoms with E-state index in [0.717, 1.165) is 30.0 Å². The van der Waals surface area contributed by atoms with Crippen molar-refractivity contribution < 1.29 is 4.79 Å². The van der Waals surface area contributed by atoms with Gasteiger partial charge >= 0.3 is 6.03 Å². The zero-order valence-electron chi connectivity index (χ0n) is 15.1. The summed E-state index contributed by atoms with van der Waals surface area (Å²) in [6.45, 7) is 9.05. The normalized spacial score (nSPS) is 17.7. The lowest BCUT2D eigenvalue weighted by Crippen LogP contribution is -2.44. The minimum Gasteiger partial charge on any atom is -0.335 e. The van der Waals surface area contributed by atoms with Crippen molar-refractivity contribution >= 4 is 11.7 Å². The zero-order chi connectivity index (χ0) is 17.4. The number of urea groups is 1. The van der Waals surface area contributed by atoms with Gasteiger partial charge in [0.2, 0.25) is 0 Å². The van der Waals surface area contributed by atoms with Crippen LogP contribution in [0.5, 0.6) is 0 Å². The molecule has 1 aromatic heterocycles. The lowest BCUT2D eigenvalue weighted by Gasteiger charge is -2.22. The van der Waals surface area contributed by atoms with E-state index >= 15 is 0 Å². The van der Waals surface area contributed by atoms with Gasteiger partial charge < -0.3 is 5.32 Å². The minimum atomic E-state index is -0.0153. The molecule has 1 aliphatic heterocycles. The number of carbonyl (C=O) groups excluding carboxylic acids is 1. The number of aromatic nitrogens is 2. The Kier molecular flexibility index (Phi) is 4.35. The number of anilines is 1. The number of hydrogen-bond acceptors (Lipinski definition) is 2. The molecule has 0 unspecified atom stereocenters. The van der Waals surface area contributed by atoms with Gasteiger partial charge in [-0.2, -0.15) is 5.10 Å². The van der Waals surface area contributed by atoms with Crippen molar-refractivity contribution in [3.8, 4) is 0 Å². The van der Waals surface area contributed by atoms with E-state index in [0.29, 0.717) is 5.92 Å². The fraction of sp³-hybridized carbons (Fsp3) is 0.474. The molecule has 0 radical (unpaired) electrons. The number of aryl methyl sites for hydroxylation is 2. The molecule has 2 heterocycles. The maximum absolute atomic E-state index is 12.7. The van der Waals surface area contributed by atoms with Crippen LogP contribution in [-0.4, -0.2) is 28.4 Å². The van der Waals surface area contributed by atoms with Crippen LogP contribution in [0.3, 0.4) is 0 Å². The molecule has 1 aliphatic rings. The molecule has 0 fully saturated rings. The molecule has 5 nitrogen and oxygen atoms in total. The van der Waals surface area contributed by atoms with Crippen molar-refractivity contribution in [1.82, 2.24) is 15.1 Å². The highest BCUT2D eigenvalue weighted by Crippen LogP contribution is 2.35. The Morgan fingerprint density at radius 2 is 2.08 bits per heavy atom. The van der Waals surface area contributed by atoms with Gasteiger partial charge in [0.15, 0.2) is 0 Å². The molecule has 0 saturated carbocycles. The van der Waals surface area contributed by atoms with Crippen LogP contribution in [0.4, 0.5) is 10.5 Å². The third kappa shape index (κ3) is 2.90. The van der Waals surface area contributed by atoms with Crippen molar-refractivity contribution in [2.75, 3.05) is 11.4 Å². The van der Waals surface area contributed by atoms with E-state index in [9.17, 15) is 4.79 Å². The molecule has 3 rings (SSSR count). The molecule has 1 aromatic carbocycles. The average Bonchev–Trinajstić information content (AvgIpc) is 3.00. The standard InChI is InChI=1S/C19H26N4O/c1-12-11-23(18-9-7-6-8-16(12)18)19(24)20-13(2)10-17-14(3)21-22(5)15(17)4/h6-9,12-13H,10-11H2,1-5H3,(H,20,24)/t12-,13+/m1/s1. The SMILES string of the molecule is Cc1nn(C)c(C)c1C[C@H](C)NC(=O)N1C[C@@H](C)c2ccccc21. The van der Waals surface area contributed by atoms with Gasteiger partial charge in [-0.15, -0.1) is 0 Å². The Labute approximate surface area is 143 Å². The number of amides is 2. The number of rotatable bonds is 3. The molecular formula is C19H26N4O. The van der Waals surface area contributed by atoms with Crippen LogP contribution in [0.15, 0.2) is 24.3 Å². The van der Waals surface area contributed by atoms with Crippen molar-refractivity contribution in [3.05, 3.63) is 46.8 Å². The molecule has 2 aromatic rings. The van der Waals surface area contributed by atoms with Crippen LogP contribution in [0, 0.1) is 13.8 Å². The van der Waals surface area contributed by atoms with Crippen LogP contribution in [-0.2, 0) is 13.5 Å². The number of nitrogens with one attached hydrogen (secondary N) is 1. The third-order valence-corrected chi connectivity index (χ3v) is 5.00. The van der Waals surface area contributed by atoms with Gasteiger partial charge in [0, 0.05) is 36.9 Å². The summed E-state index contributed by atoms with van der Waals surface area (Å²) in [5.41, 5.74) is 5.70. The zero-order valence-corrected chi connectivity index (χ0v) is 15.1. The van der Waals surface area contributed by atoms with E-state index in [-0.39, 0.29) is 12.1 Å². The minimum absolute atomic E-state index is 0.0153. The largest absolute Gasteiger partial charge is 0.335 e.